The van der Waals surface area contributed by atoms with Crippen LogP contribution in [0.4, 0.5) is 0 Å². The summed E-state index contributed by atoms with van der Waals surface area (Å²) in [6, 6.07) is 8.55. The topological polar surface area (TPSA) is 46.8 Å². The second-order valence-corrected chi connectivity index (χ2v) is 6.26. The van der Waals surface area contributed by atoms with Gasteiger partial charge in [-0.3, -0.25) is 9.55 Å². The van der Waals surface area contributed by atoms with Gasteiger partial charge in [-0.2, -0.15) is 0 Å². The molecule has 0 N–H and O–H groups in total. The molecule has 1 aliphatic heterocycles. The molecule has 0 bridgehead atoms. The second kappa shape index (κ2) is 6.08. The van der Waals surface area contributed by atoms with Gasteiger partial charge in [0.15, 0.2) is 5.65 Å². The van der Waals surface area contributed by atoms with Crippen LogP contribution < -0.4 is 0 Å². The Morgan fingerprint density at radius 2 is 2.09 bits per heavy atom. The van der Waals surface area contributed by atoms with Crippen molar-refractivity contribution in [3.63, 3.8) is 0 Å². The number of nitrogens with zero attached hydrogens (tertiary/aromatic N) is 5. The van der Waals surface area contributed by atoms with Crippen LogP contribution in [0.25, 0.3) is 16.9 Å². The van der Waals surface area contributed by atoms with E-state index in [4.69, 9.17) is 4.98 Å². The fourth-order valence-electron chi connectivity index (χ4n) is 3.47. The first kappa shape index (κ1) is 14.3. The molecule has 0 aliphatic carbocycles. The molecule has 5 heteroatoms. The zero-order valence-electron chi connectivity index (χ0n) is 13.4. The molecule has 0 spiro atoms. The molecule has 5 nitrogen and oxygen atoms in total. The van der Waals surface area contributed by atoms with Gasteiger partial charge in [0.1, 0.15) is 11.3 Å². The van der Waals surface area contributed by atoms with Crippen molar-refractivity contribution < 1.29 is 0 Å². The first-order chi connectivity index (χ1) is 11.3. The Labute approximate surface area is 136 Å². The lowest BCUT2D eigenvalue weighted by Gasteiger charge is -2.32. The van der Waals surface area contributed by atoms with E-state index in [1.807, 2.05) is 30.6 Å². The number of hydrogen-bond donors (Lipinski definition) is 0. The van der Waals surface area contributed by atoms with E-state index in [2.05, 4.69) is 32.5 Å². The molecule has 1 saturated heterocycles. The molecule has 0 radical (unpaired) electrons. The number of hydrogen-bond acceptors (Lipinski definition) is 4. The second-order valence-electron chi connectivity index (χ2n) is 6.26. The van der Waals surface area contributed by atoms with Crippen LogP contribution >= 0.6 is 0 Å². The molecule has 0 aromatic carbocycles. The van der Waals surface area contributed by atoms with Crippen molar-refractivity contribution >= 4 is 11.2 Å². The zero-order valence-corrected chi connectivity index (χ0v) is 13.4. The van der Waals surface area contributed by atoms with Gasteiger partial charge in [0, 0.05) is 24.9 Å². The standard InChI is InChI=1S/C18H21N5/c1-22-11-3-2-6-14(22)12-17-21-16-8-5-10-20-18(16)23(17)15-7-4-9-19-13-15/h4-5,7-10,13-14H,2-3,6,11-12H2,1H3. The van der Waals surface area contributed by atoms with Crippen LogP contribution in [0.15, 0.2) is 42.9 Å². The summed E-state index contributed by atoms with van der Waals surface area (Å²) in [4.78, 5) is 16.1. The molecular formula is C18H21N5. The van der Waals surface area contributed by atoms with Crippen LogP contribution in [0.1, 0.15) is 25.1 Å². The van der Waals surface area contributed by atoms with Crippen molar-refractivity contribution in [3.05, 3.63) is 48.7 Å². The number of likely N-dealkylation sites (tertiary alicyclic amines) is 1. The third-order valence-electron chi connectivity index (χ3n) is 4.73. The Kier molecular flexibility index (Phi) is 3.79. The van der Waals surface area contributed by atoms with Crippen LogP contribution in [-0.4, -0.2) is 44.1 Å². The highest BCUT2D eigenvalue weighted by atomic mass is 15.2. The molecule has 1 unspecified atom stereocenters. The third kappa shape index (κ3) is 2.72. The number of imidazole rings is 1. The van der Waals surface area contributed by atoms with Gasteiger partial charge in [-0.25, -0.2) is 9.97 Å². The van der Waals surface area contributed by atoms with Gasteiger partial charge in [-0.15, -0.1) is 0 Å². The maximum absolute atomic E-state index is 4.86. The number of likely N-dealkylation sites (N-methyl/N-ethyl adjacent to an activating group) is 1. The van der Waals surface area contributed by atoms with Crippen molar-refractivity contribution in [1.82, 2.24) is 24.4 Å². The van der Waals surface area contributed by atoms with Crippen molar-refractivity contribution in [2.45, 2.75) is 31.7 Å². The molecule has 3 aromatic heterocycles. The first-order valence-corrected chi connectivity index (χ1v) is 8.26. The maximum Gasteiger partial charge on any atom is 0.164 e. The molecule has 1 fully saturated rings. The van der Waals surface area contributed by atoms with E-state index in [9.17, 15) is 0 Å². The van der Waals surface area contributed by atoms with Crippen molar-refractivity contribution in [2.75, 3.05) is 13.6 Å². The number of aromatic nitrogens is 4. The molecule has 0 saturated carbocycles. The number of pyridine rings is 2. The van der Waals surface area contributed by atoms with E-state index < -0.39 is 0 Å². The lowest BCUT2D eigenvalue weighted by atomic mass is 10.00. The van der Waals surface area contributed by atoms with E-state index in [1.54, 1.807) is 6.20 Å². The fraction of sp³-hybridized carbons (Fsp3) is 0.389. The Morgan fingerprint density at radius 1 is 1.17 bits per heavy atom. The van der Waals surface area contributed by atoms with Gasteiger partial charge in [0.2, 0.25) is 0 Å². The Balaban J connectivity index is 1.79. The summed E-state index contributed by atoms with van der Waals surface area (Å²) in [7, 11) is 2.22. The number of fused-ring (bicyclic) bond motifs is 1. The average Bonchev–Trinajstić information content (AvgIpc) is 2.95. The smallest absolute Gasteiger partial charge is 0.164 e. The molecule has 3 aromatic rings. The Bertz CT molecular complexity index is 796. The summed E-state index contributed by atoms with van der Waals surface area (Å²) in [6.07, 6.45) is 10.3. The average molecular weight is 307 g/mol. The van der Waals surface area contributed by atoms with Gasteiger partial charge in [-0.05, 0) is 50.7 Å². The Morgan fingerprint density at radius 3 is 2.91 bits per heavy atom. The van der Waals surface area contributed by atoms with Gasteiger partial charge in [0.25, 0.3) is 0 Å². The highest BCUT2D eigenvalue weighted by Gasteiger charge is 2.23. The molecule has 4 heterocycles. The predicted molar refractivity (Wildman–Crippen MR) is 90.6 cm³/mol. The van der Waals surface area contributed by atoms with Gasteiger partial charge >= 0.3 is 0 Å². The molecule has 23 heavy (non-hydrogen) atoms. The first-order valence-electron chi connectivity index (χ1n) is 8.26. The van der Waals surface area contributed by atoms with Crippen LogP contribution in [0.5, 0.6) is 0 Å². The van der Waals surface area contributed by atoms with Crippen LogP contribution in [-0.2, 0) is 6.42 Å². The van der Waals surface area contributed by atoms with Gasteiger partial charge < -0.3 is 4.90 Å². The molecule has 4 rings (SSSR count). The lowest BCUT2D eigenvalue weighted by molar-refractivity contribution is 0.182. The third-order valence-corrected chi connectivity index (χ3v) is 4.73. The van der Waals surface area contributed by atoms with Crippen molar-refractivity contribution in [1.29, 1.82) is 0 Å². The van der Waals surface area contributed by atoms with Crippen LogP contribution in [0, 0.1) is 0 Å². The van der Waals surface area contributed by atoms with E-state index in [-0.39, 0.29) is 0 Å². The van der Waals surface area contributed by atoms with Crippen LogP contribution in [0.2, 0.25) is 0 Å². The fourth-order valence-corrected chi connectivity index (χ4v) is 3.47. The zero-order chi connectivity index (χ0) is 15.6. The van der Waals surface area contributed by atoms with Crippen molar-refractivity contribution in [3.8, 4) is 5.69 Å². The summed E-state index contributed by atoms with van der Waals surface area (Å²) in [6.45, 7) is 1.18. The summed E-state index contributed by atoms with van der Waals surface area (Å²) >= 11 is 0. The summed E-state index contributed by atoms with van der Waals surface area (Å²) in [5, 5.41) is 0. The highest BCUT2D eigenvalue weighted by molar-refractivity contribution is 5.73. The van der Waals surface area contributed by atoms with E-state index in [0.29, 0.717) is 6.04 Å². The monoisotopic (exact) mass is 307 g/mol. The lowest BCUT2D eigenvalue weighted by Crippen LogP contribution is -2.38. The summed E-state index contributed by atoms with van der Waals surface area (Å²) < 4.78 is 2.16. The minimum absolute atomic E-state index is 0.552. The maximum atomic E-state index is 4.86. The van der Waals surface area contributed by atoms with Gasteiger partial charge in [-0.1, -0.05) is 6.42 Å². The Hall–Kier alpha value is -2.27. The van der Waals surface area contributed by atoms with Gasteiger partial charge in [0.05, 0.1) is 11.9 Å². The minimum Gasteiger partial charge on any atom is -0.303 e. The van der Waals surface area contributed by atoms with E-state index in [1.165, 1.54) is 25.8 Å². The van der Waals surface area contributed by atoms with E-state index in [0.717, 1.165) is 29.1 Å². The van der Waals surface area contributed by atoms with Crippen LogP contribution in [0.3, 0.4) is 0 Å². The molecule has 1 atom stereocenters. The molecule has 118 valence electrons. The predicted octanol–water partition coefficient (Wildman–Crippen LogP) is 2.84. The molecule has 0 amide bonds. The summed E-state index contributed by atoms with van der Waals surface area (Å²) in [5.74, 6) is 1.07. The normalized spacial score (nSPS) is 19.3. The van der Waals surface area contributed by atoms with Crippen molar-refractivity contribution in [2.24, 2.45) is 0 Å². The molecular weight excluding hydrogens is 286 g/mol. The molecule has 1 aliphatic rings. The number of rotatable bonds is 3. The SMILES string of the molecule is CN1CCCCC1Cc1nc2cccnc2n1-c1cccnc1. The highest BCUT2D eigenvalue weighted by Crippen LogP contribution is 2.24. The van der Waals surface area contributed by atoms with E-state index >= 15 is 0 Å². The summed E-state index contributed by atoms with van der Waals surface area (Å²) in [5.41, 5.74) is 2.89. The quantitative estimate of drug-likeness (QED) is 0.746. The minimum atomic E-state index is 0.552. The largest absolute Gasteiger partial charge is 0.303 e. The number of piperidine rings is 1.